The zero-order valence-electron chi connectivity index (χ0n) is 30.0. The second kappa shape index (κ2) is 12.5. The van der Waals surface area contributed by atoms with Crippen LogP contribution in [0.2, 0.25) is 13.1 Å². The normalized spacial score (nSPS) is 14.5. The molecule has 0 heterocycles. The zero-order chi connectivity index (χ0) is 33.9. The molecule has 2 aliphatic rings. The van der Waals surface area contributed by atoms with Crippen LogP contribution in [0.15, 0.2) is 132 Å². The Balaban J connectivity index is 1.40. The van der Waals surface area contributed by atoms with Gasteiger partial charge in [0.1, 0.15) is 8.07 Å². The maximum atomic E-state index is 2.70. The summed E-state index contributed by atoms with van der Waals surface area (Å²) in [5.41, 5.74) is 15.0. The van der Waals surface area contributed by atoms with Crippen LogP contribution < -0.4 is 0 Å². The number of hydrogen-bond acceptors (Lipinski definition) is 0. The van der Waals surface area contributed by atoms with Gasteiger partial charge in [0.05, 0.1) is 0 Å². The first-order valence-electron chi connectivity index (χ1n) is 18.4. The van der Waals surface area contributed by atoms with E-state index in [0.29, 0.717) is 11.8 Å². The molecule has 0 fully saturated rings. The lowest BCUT2D eigenvalue weighted by Crippen LogP contribution is -2.32. The molecule has 0 saturated carbocycles. The molecule has 0 unspecified atom stereocenters. The van der Waals surface area contributed by atoms with Gasteiger partial charge in [-0.25, -0.2) is 0 Å². The van der Waals surface area contributed by atoms with E-state index in [2.05, 4.69) is 162 Å². The van der Waals surface area contributed by atoms with Crippen molar-refractivity contribution in [3.05, 3.63) is 155 Å². The molecule has 8 rings (SSSR count). The van der Waals surface area contributed by atoms with E-state index in [1.54, 1.807) is 32.7 Å². The van der Waals surface area contributed by atoms with Gasteiger partial charge in [0.15, 0.2) is 0 Å². The van der Waals surface area contributed by atoms with Crippen LogP contribution in [-0.4, -0.2) is 8.07 Å². The maximum absolute atomic E-state index is 2.70. The Bertz CT molecular complexity index is 2130. The van der Waals surface area contributed by atoms with Crippen LogP contribution >= 0.6 is 0 Å². The minimum Gasteiger partial charge on any atom is -0.0653 e. The highest BCUT2D eigenvalue weighted by molar-refractivity contribution is 7.09. The second-order valence-electron chi connectivity index (χ2n) is 15.9. The summed E-state index contributed by atoms with van der Waals surface area (Å²) < 4.78 is 0. The molecule has 0 atom stereocenters. The van der Waals surface area contributed by atoms with Crippen molar-refractivity contribution in [2.24, 2.45) is 11.8 Å². The monoisotopic (exact) mass is 652 g/mol. The van der Waals surface area contributed by atoms with Gasteiger partial charge in [-0.1, -0.05) is 173 Å². The standard InChI is InChI=1S/C48H48Si/c1-31(2)27-37-29-35-19-13-25-43(41-23-11-17-33-15-7-9-21-39(33)41)45(35)47(37)49(5,6)48-38(28-32(3)4)30-36-20-14-26-44(46(36)48)42-24-12-18-34-16-8-10-22-40(34)42/h7-26,31-32H,27-30H2,1-6H3. The van der Waals surface area contributed by atoms with Gasteiger partial charge in [-0.15, -0.1) is 0 Å². The smallest absolute Gasteiger partial charge is 0.0653 e. The van der Waals surface area contributed by atoms with Crippen molar-refractivity contribution in [3.63, 3.8) is 0 Å². The molecule has 6 aromatic rings. The molecule has 2 aliphatic carbocycles. The van der Waals surface area contributed by atoms with Gasteiger partial charge in [-0.05, 0) is 114 Å². The number of hydrogen-bond donors (Lipinski definition) is 0. The summed E-state index contributed by atoms with van der Waals surface area (Å²) in [6.45, 7) is 15.0. The largest absolute Gasteiger partial charge is 0.113 e. The molecular formula is C48H48Si. The van der Waals surface area contributed by atoms with Crippen LogP contribution in [0.4, 0.5) is 0 Å². The van der Waals surface area contributed by atoms with E-state index in [1.165, 1.54) is 54.9 Å². The van der Waals surface area contributed by atoms with E-state index in [4.69, 9.17) is 0 Å². The fraction of sp³-hybridized carbons (Fsp3) is 0.250. The fourth-order valence-corrected chi connectivity index (χ4v) is 13.7. The molecule has 0 N–H and O–H groups in total. The molecule has 6 aromatic carbocycles. The van der Waals surface area contributed by atoms with Crippen LogP contribution in [0, 0.1) is 11.8 Å². The van der Waals surface area contributed by atoms with Crippen LogP contribution in [0.5, 0.6) is 0 Å². The van der Waals surface area contributed by atoms with E-state index in [1.807, 2.05) is 0 Å². The molecule has 0 radical (unpaired) electrons. The third kappa shape index (κ3) is 5.44. The van der Waals surface area contributed by atoms with Gasteiger partial charge in [-0.3, -0.25) is 0 Å². The van der Waals surface area contributed by atoms with Crippen LogP contribution in [0.25, 0.3) is 54.2 Å². The SMILES string of the molecule is CC(C)CC1=C([Si](C)(C)C2=C(CC(C)C)Cc3cccc(-c4cccc5ccccc45)c32)c2c(cccc2-c2cccc3ccccc23)C1. The first-order valence-corrected chi connectivity index (χ1v) is 21.4. The van der Waals surface area contributed by atoms with Crippen molar-refractivity contribution in [2.75, 3.05) is 0 Å². The molecule has 0 bridgehead atoms. The summed E-state index contributed by atoms with van der Waals surface area (Å²) in [4.78, 5) is 0. The highest BCUT2D eigenvalue weighted by Crippen LogP contribution is 2.54. The Morgan fingerprint density at radius 3 is 1.24 bits per heavy atom. The quantitative estimate of drug-likeness (QED) is 0.144. The summed E-state index contributed by atoms with van der Waals surface area (Å²) in [6.07, 6.45) is 4.45. The van der Waals surface area contributed by atoms with Crippen molar-refractivity contribution in [1.29, 1.82) is 0 Å². The van der Waals surface area contributed by atoms with Crippen LogP contribution in [0.3, 0.4) is 0 Å². The molecule has 0 aromatic heterocycles. The Hall–Kier alpha value is -4.46. The summed E-state index contributed by atoms with van der Waals surface area (Å²) in [5.74, 6) is 1.22. The highest BCUT2D eigenvalue weighted by atomic mass is 28.3. The van der Waals surface area contributed by atoms with Crippen molar-refractivity contribution >= 4 is 40.0 Å². The molecule has 0 amide bonds. The van der Waals surface area contributed by atoms with Crippen LogP contribution in [0.1, 0.15) is 62.8 Å². The van der Waals surface area contributed by atoms with Crippen molar-refractivity contribution < 1.29 is 0 Å². The zero-order valence-corrected chi connectivity index (χ0v) is 31.0. The van der Waals surface area contributed by atoms with Crippen molar-refractivity contribution in [2.45, 2.75) is 66.5 Å². The lowest BCUT2D eigenvalue weighted by atomic mass is 9.93. The number of allylic oxidation sites excluding steroid dienone is 2. The molecule has 244 valence electrons. The Morgan fingerprint density at radius 1 is 0.449 bits per heavy atom. The summed E-state index contributed by atoms with van der Waals surface area (Å²) in [5, 5.41) is 8.73. The fourth-order valence-electron chi connectivity index (χ4n) is 9.41. The van der Waals surface area contributed by atoms with E-state index >= 15 is 0 Å². The van der Waals surface area contributed by atoms with Gasteiger partial charge in [0.25, 0.3) is 0 Å². The minimum atomic E-state index is -2.30. The Kier molecular flexibility index (Phi) is 8.08. The third-order valence-electron chi connectivity index (χ3n) is 11.0. The molecule has 0 saturated heterocycles. The molecule has 0 spiro atoms. The third-order valence-corrected chi connectivity index (χ3v) is 14.7. The summed E-state index contributed by atoms with van der Waals surface area (Å²) >= 11 is 0. The first-order chi connectivity index (χ1) is 23.7. The summed E-state index contributed by atoms with van der Waals surface area (Å²) in [7, 11) is -2.30. The predicted molar refractivity (Wildman–Crippen MR) is 216 cm³/mol. The minimum absolute atomic E-state index is 0.608. The number of rotatable bonds is 8. The second-order valence-corrected chi connectivity index (χ2v) is 20.1. The molecular weight excluding hydrogens is 605 g/mol. The van der Waals surface area contributed by atoms with E-state index < -0.39 is 8.07 Å². The topological polar surface area (TPSA) is 0 Å². The Morgan fingerprint density at radius 2 is 0.816 bits per heavy atom. The predicted octanol–water partition coefficient (Wildman–Crippen LogP) is 13.5. The number of benzene rings is 6. The Labute approximate surface area is 294 Å². The van der Waals surface area contributed by atoms with E-state index in [9.17, 15) is 0 Å². The summed E-state index contributed by atoms with van der Waals surface area (Å²) in [6, 6.07) is 45.9. The average molecular weight is 653 g/mol. The lowest BCUT2D eigenvalue weighted by Gasteiger charge is -2.33. The van der Waals surface area contributed by atoms with Gasteiger partial charge < -0.3 is 0 Å². The van der Waals surface area contributed by atoms with Gasteiger partial charge in [-0.2, -0.15) is 0 Å². The maximum Gasteiger partial charge on any atom is 0.113 e. The molecule has 49 heavy (non-hydrogen) atoms. The highest BCUT2D eigenvalue weighted by Gasteiger charge is 2.43. The van der Waals surface area contributed by atoms with Gasteiger partial charge in [0.2, 0.25) is 0 Å². The van der Waals surface area contributed by atoms with Gasteiger partial charge in [0, 0.05) is 0 Å². The van der Waals surface area contributed by atoms with E-state index in [-0.39, 0.29) is 0 Å². The molecule has 0 aliphatic heterocycles. The lowest BCUT2D eigenvalue weighted by molar-refractivity contribution is 0.637. The van der Waals surface area contributed by atoms with Crippen molar-refractivity contribution in [1.82, 2.24) is 0 Å². The average Bonchev–Trinajstić information content (AvgIpc) is 3.65. The van der Waals surface area contributed by atoms with Crippen molar-refractivity contribution in [3.8, 4) is 22.3 Å². The van der Waals surface area contributed by atoms with Crippen LogP contribution in [-0.2, 0) is 12.8 Å². The molecule has 0 nitrogen and oxygen atoms in total. The first kappa shape index (κ1) is 31.8. The van der Waals surface area contributed by atoms with E-state index in [0.717, 1.165) is 25.7 Å². The molecule has 1 heteroatoms. The number of fused-ring (bicyclic) bond motifs is 4. The van der Waals surface area contributed by atoms with Gasteiger partial charge >= 0.3 is 0 Å².